The summed E-state index contributed by atoms with van der Waals surface area (Å²) in [6.45, 7) is 0. The molecule has 0 aliphatic heterocycles. The molecule has 0 bridgehead atoms. The van der Waals surface area contributed by atoms with Gasteiger partial charge in [-0.05, 0) is 6.07 Å². The summed E-state index contributed by atoms with van der Waals surface area (Å²) in [6, 6.07) is 4.86. The molecule has 1 aromatic heterocycles. The van der Waals surface area contributed by atoms with Crippen molar-refractivity contribution in [1.82, 2.24) is 4.98 Å². The molecule has 5 nitrogen and oxygen atoms in total. The third-order valence-corrected chi connectivity index (χ3v) is 1.93. The summed E-state index contributed by atoms with van der Waals surface area (Å²) < 4.78 is 5.50. The first-order chi connectivity index (χ1) is 6.70. The second-order valence-electron chi connectivity index (χ2n) is 2.83. The Balaban J connectivity index is 2.82. The third kappa shape index (κ3) is 1.28. The van der Waals surface area contributed by atoms with E-state index in [-0.39, 0.29) is 0 Å². The molecule has 0 radical (unpaired) electrons. The van der Waals surface area contributed by atoms with Gasteiger partial charge >= 0.3 is 5.56 Å². The molecule has 0 aliphatic rings. The molecule has 1 heterocycles. The van der Waals surface area contributed by atoms with Crippen molar-refractivity contribution in [3.63, 3.8) is 0 Å². The highest BCUT2D eigenvalue weighted by Gasteiger charge is 2.05. The number of ether oxygens (including phenoxy) is 1. The number of nitrogens with one attached hydrogen (secondary N) is 1. The average Bonchev–Trinajstić information content (AvgIpc) is 2.16. The largest absolute Gasteiger partial charge is 0.618 e. The zero-order chi connectivity index (χ0) is 10.1. The minimum absolute atomic E-state index is 0.408. The highest BCUT2D eigenvalue weighted by atomic mass is 16.5. The molecule has 2 aromatic rings. The van der Waals surface area contributed by atoms with Crippen LogP contribution in [0.25, 0.3) is 11.0 Å². The Morgan fingerprint density at radius 3 is 3.00 bits per heavy atom. The smallest absolute Gasteiger partial charge is 0.314 e. The molecule has 0 aliphatic carbocycles. The molecular weight excluding hydrogens is 184 g/mol. The van der Waals surface area contributed by atoms with Crippen molar-refractivity contribution in [3.8, 4) is 5.75 Å². The van der Waals surface area contributed by atoms with Crippen molar-refractivity contribution >= 4 is 11.0 Å². The monoisotopic (exact) mass is 192 g/mol. The Kier molecular flexibility index (Phi) is 1.85. The highest BCUT2D eigenvalue weighted by Crippen LogP contribution is 2.14. The molecule has 5 heteroatoms. The van der Waals surface area contributed by atoms with Crippen molar-refractivity contribution < 1.29 is 9.47 Å². The number of rotatable bonds is 1. The van der Waals surface area contributed by atoms with E-state index in [2.05, 4.69) is 4.98 Å². The fourth-order valence-corrected chi connectivity index (χ4v) is 1.28. The van der Waals surface area contributed by atoms with Gasteiger partial charge in [0.25, 0.3) is 0 Å². The average molecular weight is 192 g/mol. The highest BCUT2D eigenvalue weighted by molar-refractivity contribution is 5.72. The van der Waals surface area contributed by atoms with E-state index in [0.29, 0.717) is 21.5 Å². The predicted octanol–water partition coefficient (Wildman–Crippen LogP) is 0.170. The van der Waals surface area contributed by atoms with Crippen LogP contribution in [-0.2, 0) is 0 Å². The van der Waals surface area contributed by atoms with Crippen LogP contribution in [-0.4, -0.2) is 12.1 Å². The van der Waals surface area contributed by atoms with Crippen LogP contribution < -0.4 is 15.0 Å². The Bertz CT molecular complexity index is 533. The van der Waals surface area contributed by atoms with Gasteiger partial charge in [0.2, 0.25) is 11.7 Å². The Morgan fingerprint density at radius 1 is 1.50 bits per heavy atom. The third-order valence-electron chi connectivity index (χ3n) is 1.93. The van der Waals surface area contributed by atoms with Gasteiger partial charge in [-0.1, -0.05) is 0 Å². The summed E-state index contributed by atoms with van der Waals surface area (Å²) in [4.78, 5) is 13.5. The van der Waals surface area contributed by atoms with Crippen molar-refractivity contribution in [2.24, 2.45) is 0 Å². The summed E-state index contributed by atoms with van der Waals surface area (Å²) in [5.74, 6) is 0.597. The molecule has 72 valence electrons. The maximum Gasteiger partial charge on any atom is 0.314 e. The van der Waals surface area contributed by atoms with E-state index in [1.165, 1.54) is 7.11 Å². The first kappa shape index (κ1) is 8.55. The topological polar surface area (TPSA) is 69.0 Å². The van der Waals surface area contributed by atoms with Crippen molar-refractivity contribution in [2.75, 3.05) is 7.11 Å². The normalized spacial score (nSPS) is 10.4. The summed E-state index contributed by atoms with van der Waals surface area (Å²) in [6.07, 6.45) is 0.953. The molecule has 1 N–H and O–H groups in total. The molecule has 0 fully saturated rings. The van der Waals surface area contributed by atoms with Gasteiger partial charge in [0, 0.05) is 12.1 Å². The van der Waals surface area contributed by atoms with Gasteiger partial charge in [-0.15, -0.1) is 0 Å². The Labute approximate surface area is 79.2 Å². The van der Waals surface area contributed by atoms with Crippen LogP contribution in [0.4, 0.5) is 0 Å². The molecule has 0 amide bonds. The van der Waals surface area contributed by atoms with Crippen molar-refractivity contribution in [3.05, 3.63) is 40.0 Å². The molecule has 2 rings (SSSR count). The predicted molar refractivity (Wildman–Crippen MR) is 50.1 cm³/mol. The van der Waals surface area contributed by atoms with Gasteiger partial charge in [-0.2, -0.15) is 4.73 Å². The summed E-state index contributed by atoms with van der Waals surface area (Å²) in [5.41, 5.74) is 0.443. The van der Waals surface area contributed by atoms with Crippen LogP contribution in [0.5, 0.6) is 5.75 Å². The molecule has 0 atom stereocenters. The summed E-state index contributed by atoms with van der Waals surface area (Å²) in [5, 5.41) is 11.3. The lowest BCUT2D eigenvalue weighted by molar-refractivity contribution is -0.578. The summed E-state index contributed by atoms with van der Waals surface area (Å²) in [7, 11) is 1.52. The van der Waals surface area contributed by atoms with Gasteiger partial charge in [0.1, 0.15) is 11.3 Å². The van der Waals surface area contributed by atoms with E-state index in [9.17, 15) is 10.0 Å². The van der Waals surface area contributed by atoms with Crippen LogP contribution in [0.1, 0.15) is 0 Å². The van der Waals surface area contributed by atoms with Gasteiger partial charge in [0.15, 0.2) is 0 Å². The second kappa shape index (κ2) is 3.02. The number of fused-ring (bicyclic) bond motifs is 1. The fourth-order valence-electron chi connectivity index (χ4n) is 1.28. The van der Waals surface area contributed by atoms with Crippen LogP contribution >= 0.6 is 0 Å². The minimum Gasteiger partial charge on any atom is -0.618 e. The number of hydrogen-bond acceptors (Lipinski definition) is 3. The van der Waals surface area contributed by atoms with E-state index in [1.807, 2.05) is 0 Å². The lowest BCUT2D eigenvalue weighted by atomic mass is 10.3. The number of nitrogens with zero attached hydrogens (tertiary/aromatic N) is 1. The molecule has 0 saturated heterocycles. The van der Waals surface area contributed by atoms with Gasteiger partial charge in [0.05, 0.1) is 7.11 Å². The van der Waals surface area contributed by atoms with Crippen LogP contribution in [0.15, 0.2) is 29.2 Å². The van der Waals surface area contributed by atoms with E-state index in [0.717, 1.165) is 6.20 Å². The second-order valence-corrected chi connectivity index (χ2v) is 2.83. The maximum atomic E-state index is 11.3. The molecule has 0 saturated carbocycles. The Morgan fingerprint density at radius 2 is 2.29 bits per heavy atom. The number of methoxy groups -OCH3 is 1. The van der Waals surface area contributed by atoms with Crippen molar-refractivity contribution in [1.29, 1.82) is 0 Å². The number of aromatic nitrogens is 2. The lowest BCUT2D eigenvalue weighted by Gasteiger charge is -2.02. The standard InChI is InChI=1S/C9H8N2O3/c1-14-6-2-3-8-7(4-6)10-9(12)5-11(8)13/h2-5H,1H3,(H,10,12). The van der Waals surface area contributed by atoms with Gasteiger partial charge in [-0.25, -0.2) is 0 Å². The van der Waals surface area contributed by atoms with Crippen LogP contribution in [0.3, 0.4) is 0 Å². The molecule has 0 unspecified atom stereocenters. The van der Waals surface area contributed by atoms with E-state index < -0.39 is 5.56 Å². The zero-order valence-electron chi connectivity index (χ0n) is 7.48. The van der Waals surface area contributed by atoms with E-state index in [4.69, 9.17) is 4.74 Å². The van der Waals surface area contributed by atoms with Gasteiger partial charge in [-0.3, -0.25) is 4.79 Å². The van der Waals surface area contributed by atoms with Crippen molar-refractivity contribution in [2.45, 2.75) is 0 Å². The number of hydrogen-bond donors (Lipinski definition) is 1. The molecule has 14 heavy (non-hydrogen) atoms. The zero-order valence-corrected chi connectivity index (χ0v) is 7.48. The van der Waals surface area contributed by atoms with E-state index >= 15 is 0 Å². The van der Waals surface area contributed by atoms with E-state index in [1.54, 1.807) is 18.2 Å². The van der Waals surface area contributed by atoms with Gasteiger partial charge < -0.3 is 14.9 Å². The molecule has 1 aromatic carbocycles. The SMILES string of the molecule is COc1ccc2c(c1)[nH]c(=O)c[n+]2[O-]. The van der Waals surface area contributed by atoms with Crippen LogP contribution in [0, 0.1) is 5.21 Å². The summed E-state index contributed by atoms with van der Waals surface area (Å²) >= 11 is 0. The lowest BCUT2D eigenvalue weighted by Crippen LogP contribution is -2.32. The first-order valence-corrected chi connectivity index (χ1v) is 4.01. The first-order valence-electron chi connectivity index (χ1n) is 4.01. The van der Waals surface area contributed by atoms with Crippen LogP contribution in [0.2, 0.25) is 0 Å². The fraction of sp³-hybridized carbons (Fsp3) is 0.111. The minimum atomic E-state index is -0.430. The maximum absolute atomic E-state index is 11.3. The number of H-pyrrole nitrogens is 1. The molecular formula is C9H8N2O3. The molecule has 0 spiro atoms. The number of aromatic amines is 1. The quantitative estimate of drug-likeness (QED) is 0.517. The Hall–Kier alpha value is -2.04. The number of benzene rings is 1.